The van der Waals surface area contributed by atoms with E-state index in [1.807, 2.05) is 62.4 Å². The normalized spacial score (nSPS) is 11.0. The molecule has 5 nitrogen and oxygen atoms in total. The molecule has 0 unspecified atom stereocenters. The first kappa shape index (κ1) is 18.3. The second-order valence-electron chi connectivity index (χ2n) is 6.52. The topological polar surface area (TPSA) is 75.7 Å². The highest BCUT2D eigenvalue weighted by Gasteiger charge is 2.18. The lowest BCUT2D eigenvalue weighted by atomic mass is 10.0. The Kier molecular flexibility index (Phi) is 5.31. The largest absolute Gasteiger partial charge is 0.502 e. The summed E-state index contributed by atoms with van der Waals surface area (Å²) in [6.07, 6.45) is 2.02. The molecule has 0 aromatic heterocycles. The van der Waals surface area contributed by atoms with Gasteiger partial charge in [-0.2, -0.15) is 0 Å². The molecule has 0 aliphatic heterocycles. The molecule has 0 bridgehead atoms. The van der Waals surface area contributed by atoms with Gasteiger partial charge >= 0.3 is 5.69 Å². The Morgan fingerprint density at radius 2 is 1.78 bits per heavy atom. The molecule has 0 aliphatic rings. The molecule has 0 fully saturated rings. The summed E-state index contributed by atoms with van der Waals surface area (Å²) in [7, 11) is 0. The lowest BCUT2D eigenvalue weighted by Gasteiger charge is -2.07. The highest BCUT2D eigenvalue weighted by molar-refractivity contribution is 5.88. The molecule has 0 heterocycles. The van der Waals surface area contributed by atoms with Crippen molar-refractivity contribution in [2.45, 2.75) is 20.3 Å². The van der Waals surface area contributed by atoms with Gasteiger partial charge in [-0.15, -0.1) is 0 Å². The first-order valence-corrected chi connectivity index (χ1v) is 8.59. The van der Waals surface area contributed by atoms with Gasteiger partial charge < -0.3 is 5.11 Å². The van der Waals surface area contributed by atoms with Crippen molar-refractivity contribution in [3.8, 4) is 5.75 Å². The van der Waals surface area contributed by atoms with E-state index < -0.39 is 4.92 Å². The second-order valence-corrected chi connectivity index (χ2v) is 6.52. The van der Waals surface area contributed by atoms with Crippen molar-refractivity contribution in [1.82, 2.24) is 0 Å². The maximum absolute atomic E-state index is 11.4. The maximum atomic E-state index is 11.4. The van der Waals surface area contributed by atoms with Crippen LogP contribution >= 0.6 is 0 Å². The number of aryl methyl sites for hydroxylation is 2. The molecule has 0 saturated carbocycles. The summed E-state index contributed by atoms with van der Waals surface area (Å²) >= 11 is 0. The smallest absolute Gasteiger partial charge is 0.311 e. The summed E-state index contributed by atoms with van der Waals surface area (Å²) in [6, 6.07) is 18.7. The molecular formula is C22H20N2O3. The van der Waals surface area contributed by atoms with Crippen LogP contribution in [0.3, 0.4) is 0 Å². The molecular weight excluding hydrogens is 340 g/mol. The summed E-state index contributed by atoms with van der Waals surface area (Å²) < 4.78 is 0. The number of benzene rings is 3. The van der Waals surface area contributed by atoms with E-state index in [-0.39, 0.29) is 11.4 Å². The number of rotatable bonds is 5. The van der Waals surface area contributed by atoms with Crippen LogP contribution in [0, 0.1) is 24.0 Å². The van der Waals surface area contributed by atoms with Crippen LogP contribution in [0.5, 0.6) is 5.75 Å². The molecule has 27 heavy (non-hydrogen) atoms. The van der Waals surface area contributed by atoms with E-state index in [9.17, 15) is 15.2 Å². The van der Waals surface area contributed by atoms with Crippen LogP contribution in [-0.4, -0.2) is 16.2 Å². The van der Waals surface area contributed by atoms with E-state index in [1.54, 1.807) is 6.07 Å². The monoisotopic (exact) mass is 360 g/mol. The van der Waals surface area contributed by atoms with Gasteiger partial charge in [0, 0.05) is 17.8 Å². The minimum Gasteiger partial charge on any atom is -0.502 e. The number of phenolic OH excluding ortho intramolecular Hbond substituents is 1. The van der Waals surface area contributed by atoms with E-state index in [4.69, 9.17) is 0 Å². The minimum atomic E-state index is -0.570. The van der Waals surface area contributed by atoms with Crippen molar-refractivity contribution in [3.05, 3.63) is 98.6 Å². The van der Waals surface area contributed by atoms with E-state index in [0.29, 0.717) is 12.0 Å². The zero-order chi connectivity index (χ0) is 19.4. The van der Waals surface area contributed by atoms with Crippen LogP contribution in [-0.2, 0) is 6.42 Å². The average molecular weight is 360 g/mol. The number of hydrogen-bond acceptors (Lipinski definition) is 4. The third kappa shape index (κ3) is 4.39. The summed E-state index contributed by atoms with van der Waals surface area (Å²) in [6.45, 7) is 3.92. The first-order chi connectivity index (χ1) is 12.9. The molecule has 3 aromatic rings. The van der Waals surface area contributed by atoms with Gasteiger partial charge in [0.05, 0.1) is 10.6 Å². The number of aromatic hydroxyl groups is 1. The van der Waals surface area contributed by atoms with Crippen molar-refractivity contribution >= 4 is 17.6 Å². The zero-order valence-corrected chi connectivity index (χ0v) is 15.2. The summed E-state index contributed by atoms with van der Waals surface area (Å²) in [4.78, 5) is 15.2. The van der Waals surface area contributed by atoms with Gasteiger partial charge in [0.25, 0.3) is 0 Å². The van der Waals surface area contributed by atoms with Crippen LogP contribution in [0.4, 0.5) is 11.4 Å². The van der Waals surface area contributed by atoms with Crippen LogP contribution in [0.15, 0.2) is 65.7 Å². The van der Waals surface area contributed by atoms with E-state index >= 15 is 0 Å². The van der Waals surface area contributed by atoms with Gasteiger partial charge in [-0.25, -0.2) is 0 Å². The van der Waals surface area contributed by atoms with Crippen LogP contribution in [0.1, 0.15) is 27.8 Å². The molecule has 0 amide bonds. The minimum absolute atomic E-state index is 0.314. The van der Waals surface area contributed by atoms with Crippen LogP contribution < -0.4 is 0 Å². The number of nitrogens with zero attached hydrogens (tertiary/aromatic N) is 2. The predicted molar refractivity (Wildman–Crippen MR) is 107 cm³/mol. The quantitative estimate of drug-likeness (QED) is 0.383. The van der Waals surface area contributed by atoms with Crippen molar-refractivity contribution in [1.29, 1.82) is 0 Å². The molecule has 0 spiro atoms. The van der Waals surface area contributed by atoms with Gasteiger partial charge in [-0.1, -0.05) is 42.5 Å². The second kappa shape index (κ2) is 7.83. The van der Waals surface area contributed by atoms with Gasteiger partial charge in [0.1, 0.15) is 0 Å². The Bertz CT molecular complexity index is 1010. The van der Waals surface area contributed by atoms with Crippen molar-refractivity contribution in [2.75, 3.05) is 0 Å². The fourth-order valence-corrected chi connectivity index (χ4v) is 2.87. The third-order valence-electron chi connectivity index (χ3n) is 4.33. The maximum Gasteiger partial charge on any atom is 0.311 e. The third-order valence-corrected chi connectivity index (χ3v) is 4.33. The van der Waals surface area contributed by atoms with E-state index in [0.717, 1.165) is 27.9 Å². The van der Waals surface area contributed by atoms with Crippen LogP contribution in [0.25, 0.3) is 0 Å². The van der Waals surface area contributed by atoms with Crippen molar-refractivity contribution in [2.24, 2.45) is 4.99 Å². The Labute approximate surface area is 157 Å². The summed E-state index contributed by atoms with van der Waals surface area (Å²) in [5.41, 5.74) is 4.63. The fraction of sp³-hybridized carbons (Fsp3) is 0.136. The molecule has 1 N–H and O–H groups in total. The number of hydrogen-bond donors (Lipinski definition) is 1. The van der Waals surface area contributed by atoms with E-state index in [2.05, 4.69) is 4.99 Å². The summed E-state index contributed by atoms with van der Waals surface area (Å²) in [5, 5.41) is 21.7. The number of phenols is 1. The standard InChI is InChI=1S/C22H20N2O3/c1-15-8-9-16(2)20(10-15)23-14-19-12-18(11-17-6-4-3-5-7-17)13-21(22(19)25)24(26)27/h3-10,12-14,25H,11H2,1-2H3. The summed E-state index contributed by atoms with van der Waals surface area (Å²) in [5.74, 6) is -0.370. The molecule has 136 valence electrons. The molecule has 3 aromatic carbocycles. The molecule has 5 heteroatoms. The highest BCUT2D eigenvalue weighted by Crippen LogP contribution is 2.32. The lowest BCUT2D eigenvalue weighted by Crippen LogP contribution is -1.97. The van der Waals surface area contributed by atoms with Gasteiger partial charge in [-0.05, 0) is 54.7 Å². The molecule has 0 aliphatic carbocycles. The number of aliphatic imine (C=N–C) groups is 1. The van der Waals surface area contributed by atoms with Crippen LogP contribution in [0.2, 0.25) is 0 Å². The SMILES string of the molecule is Cc1ccc(C)c(N=Cc2cc(Cc3ccccc3)cc([N+](=O)[O-])c2O)c1. The van der Waals surface area contributed by atoms with Gasteiger partial charge in [0.2, 0.25) is 5.75 Å². The predicted octanol–water partition coefficient (Wildman–Crippen LogP) is 5.26. The van der Waals surface area contributed by atoms with Crippen molar-refractivity contribution in [3.63, 3.8) is 0 Å². The van der Waals surface area contributed by atoms with Crippen molar-refractivity contribution < 1.29 is 10.0 Å². The number of nitro benzene ring substituents is 1. The Hall–Kier alpha value is -3.47. The molecule has 0 atom stereocenters. The Balaban J connectivity index is 2.01. The average Bonchev–Trinajstić information content (AvgIpc) is 2.65. The van der Waals surface area contributed by atoms with E-state index in [1.165, 1.54) is 12.3 Å². The first-order valence-electron chi connectivity index (χ1n) is 8.59. The molecule has 3 rings (SSSR count). The Morgan fingerprint density at radius 3 is 2.48 bits per heavy atom. The molecule has 0 radical (unpaired) electrons. The highest BCUT2D eigenvalue weighted by atomic mass is 16.6. The fourth-order valence-electron chi connectivity index (χ4n) is 2.87. The molecule has 0 saturated heterocycles. The van der Waals surface area contributed by atoms with Gasteiger partial charge in [0.15, 0.2) is 0 Å². The lowest BCUT2D eigenvalue weighted by molar-refractivity contribution is -0.385. The zero-order valence-electron chi connectivity index (χ0n) is 15.2. The Morgan fingerprint density at radius 1 is 1.04 bits per heavy atom. The number of nitro groups is 1. The van der Waals surface area contributed by atoms with Gasteiger partial charge in [-0.3, -0.25) is 15.1 Å².